The topological polar surface area (TPSA) is 56.3 Å². The summed E-state index contributed by atoms with van der Waals surface area (Å²) in [7, 11) is 3.62. The molecule has 0 spiro atoms. The lowest BCUT2D eigenvalue weighted by atomic mass is 9.88. The Balaban J connectivity index is 1.13. The lowest BCUT2D eigenvalue weighted by Crippen LogP contribution is -2.53. The average Bonchev–Trinajstić information content (AvgIpc) is 3.42. The summed E-state index contributed by atoms with van der Waals surface area (Å²) in [6.45, 7) is 3.74. The fraction of sp³-hybridized carbons (Fsp3) is 0.750. The fourth-order valence-corrected chi connectivity index (χ4v) is 7.31. The standard InChI is InChI=1S/C24H36N4O3S/c1-25-19-5-3-4-6-20(19)28(24(25)30)18-9-12-26(13-10-18)17-7-14-27(15-8-17)23(29)22-21(31-2)11-16-32-22/h11,16-20H,3-10,12-15H2,1-2H3/t19-,20-/m0/s1. The molecule has 1 aliphatic carbocycles. The second kappa shape index (κ2) is 9.21. The summed E-state index contributed by atoms with van der Waals surface area (Å²) in [4.78, 5) is 35.5. The van der Waals surface area contributed by atoms with Gasteiger partial charge in [0.15, 0.2) is 0 Å². The van der Waals surface area contributed by atoms with Crippen LogP contribution in [0.15, 0.2) is 11.4 Å². The molecule has 3 aliphatic heterocycles. The number of piperidine rings is 2. The lowest BCUT2D eigenvalue weighted by Gasteiger charge is -2.44. The molecule has 0 radical (unpaired) electrons. The summed E-state index contributed by atoms with van der Waals surface area (Å²) in [5.41, 5.74) is 0. The van der Waals surface area contributed by atoms with Gasteiger partial charge in [0.05, 0.1) is 19.2 Å². The predicted octanol–water partition coefficient (Wildman–Crippen LogP) is 3.50. The molecule has 4 aliphatic rings. The Kier molecular flexibility index (Phi) is 6.34. The van der Waals surface area contributed by atoms with Crippen molar-refractivity contribution in [2.75, 3.05) is 40.3 Å². The zero-order chi connectivity index (χ0) is 22.2. The number of thiophene rings is 1. The molecule has 1 aromatic rings. The summed E-state index contributed by atoms with van der Waals surface area (Å²) in [6, 6.07) is 3.93. The molecule has 8 heteroatoms. The highest BCUT2D eigenvalue weighted by Crippen LogP contribution is 2.37. The van der Waals surface area contributed by atoms with E-state index in [-0.39, 0.29) is 11.9 Å². The van der Waals surface area contributed by atoms with Crippen LogP contribution in [0.4, 0.5) is 4.79 Å². The second-order valence-electron chi connectivity index (χ2n) is 9.83. The number of likely N-dealkylation sites (N-methyl/N-ethyl adjacent to an activating group) is 1. The molecule has 4 fully saturated rings. The number of likely N-dealkylation sites (tertiary alicyclic amines) is 2. The third-order valence-electron chi connectivity index (χ3n) is 8.28. The first-order chi connectivity index (χ1) is 15.6. The third kappa shape index (κ3) is 3.89. The van der Waals surface area contributed by atoms with Crippen LogP contribution in [0.3, 0.4) is 0 Å². The van der Waals surface area contributed by atoms with Crippen LogP contribution in [0, 0.1) is 0 Å². The molecule has 176 valence electrons. The van der Waals surface area contributed by atoms with Gasteiger partial charge >= 0.3 is 6.03 Å². The van der Waals surface area contributed by atoms with Crippen molar-refractivity contribution in [2.24, 2.45) is 0 Å². The number of urea groups is 1. The van der Waals surface area contributed by atoms with E-state index in [1.807, 2.05) is 28.3 Å². The van der Waals surface area contributed by atoms with E-state index >= 15 is 0 Å². The Morgan fingerprint density at radius 3 is 2.31 bits per heavy atom. The molecule has 4 heterocycles. The number of amides is 3. The van der Waals surface area contributed by atoms with Crippen LogP contribution < -0.4 is 4.74 Å². The maximum Gasteiger partial charge on any atom is 0.320 e. The van der Waals surface area contributed by atoms with Crippen LogP contribution >= 0.6 is 11.3 Å². The van der Waals surface area contributed by atoms with Gasteiger partial charge < -0.3 is 24.3 Å². The maximum absolute atomic E-state index is 13.0. The monoisotopic (exact) mass is 460 g/mol. The molecule has 1 saturated carbocycles. The molecule has 1 aromatic heterocycles. The van der Waals surface area contributed by atoms with Crippen molar-refractivity contribution in [3.8, 4) is 5.75 Å². The van der Waals surface area contributed by atoms with E-state index in [0.29, 0.717) is 34.8 Å². The van der Waals surface area contributed by atoms with Crippen LogP contribution in [-0.4, -0.2) is 96.0 Å². The van der Waals surface area contributed by atoms with Gasteiger partial charge in [0.1, 0.15) is 10.6 Å². The van der Waals surface area contributed by atoms with Crippen LogP contribution in [0.25, 0.3) is 0 Å². The van der Waals surface area contributed by atoms with Gasteiger partial charge in [-0.1, -0.05) is 12.8 Å². The molecular formula is C24H36N4O3S. The van der Waals surface area contributed by atoms with Gasteiger partial charge in [0, 0.05) is 45.3 Å². The van der Waals surface area contributed by atoms with Gasteiger partial charge in [0.2, 0.25) is 0 Å². The van der Waals surface area contributed by atoms with E-state index < -0.39 is 0 Å². The summed E-state index contributed by atoms with van der Waals surface area (Å²) in [5, 5.41) is 1.92. The van der Waals surface area contributed by atoms with Crippen LogP contribution in [0.5, 0.6) is 5.75 Å². The molecule has 0 bridgehead atoms. The van der Waals surface area contributed by atoms with E-state index in [1.54, 1.807) is 7.11 Å². The predicted molar refractivity (Wildman–Crippen MR) is 125 cm³/mol. The molecule has 0 unspecified atom stereocenters. The normalized spacial score (nSPS) is 28.3. The molecule has 0 N–H and O–H groups in total. The number of rotatable bonds is 4. The van der Waals surface area contributed by atoms with Crippen molar-refractivity contribution in [3.63, 3.8) is 0 Å². The molecule has 7 nitrogen and oxygen atoms in total. The SMILES string of the molecule is COc1ccsc1C(=O)N1CCC(N2CCC(N3C(=O)N(C)[C@H]4CCCC[C@@H]43)CC2)CC1. The quantitative estimate of drug-likeness (QED) is 0.690. The smallest absolute Gasteiger partial charge is 0.320 e. The number of nitrogens with zero attached hydrogens (tertiary/aromatic N) is 4. The van der Waals surface area contributed by atoms with Crippen molar-refractivity contribution < 1.29 is 14.3 Å². The largest absolute Gasteiger partial charge is 0.495 e. The Morgan fingerprint density at radius 1 is 0.969 bits per heavy atom. The zero-order valence-electron chi connectivity index (χ0n) is 19.4. The van der Waals surface area contributed by atoms with Gasteiger partial charge in [-0.3, -0.25) is 4.79 Å². The highest BCUT2D eigenvalue weighted by atomic mass is 32.1. The minimum absolute atomic E-state index is 0.104. The third-order valence-corrected chi connectivity index (χ3v) is 9.16. The minimum atomic E-state index is 0.104. The number of carbonyl (C=O) groups is 2. The Hall–Kier alpha value is -1.80. The number of hydrogen-bond acceptors (Lipinski definition) is 5. The number of hydrogen-bond donors (Lipinski definition) is 0. The number of ether oxygens (including phenoxy) is 1. The summed E-state index contributed by atoms with van der Waals surface area (Å²) >= 11 is 1.46. The zero-order valence-corrected chi connectivity index (χ0v) is 20.2. The first kappa shape index (κ1) is 22.0. The fourth-order valence-electron chi connectivity index (χ4n) is 6.48. The van der Waals surface area contributed by atoms with E-state index in [4.69, 9.17) is 4.74 Å². The molecule has 5 rings (SSSR count). The van der Waals surface area contributed by atoms with E-state index in [2.05, 4.69) is 9.80 Å². The molecule has 0 aromatic carbocycles. The van der Waals surface area contributed by atoms with Gasteiger partial charge in [-0.15, -0.1) is 11.3 Å². The van der Waals surface area contributed by atoms with Crippen molar-refractivity contribution in [1.82, 2.24) is 19.6 Å². The molecule has 32 heavy (non-hydrogen) atoms. The summed E-state index contributed by atoms with van der Waals surface area (Å²) in [6.07, 6.45) is 9.06. The van der Waals surface area contributed by atoms with Gasteiger partial charge in [-0.2, -0.15) is 0 Å². The first-order valence-corrected chi connectivity index (χ1v) is 13.2. The lowest BCUT2D eigenvalue weighted by molar-refractivity contribution is 0.0473. The van der Waals surface area contributed by atoms with Crippen LogP contribution in [-0.2, 0) is 0 Å². The second-order valence-corrected chi connectivity index (χ2v) is 10.7. The van der Waals surface area contributed by atoms with Crippen molar-refractivity contribution in [2.45, 2.75) is 75.5 Å². The van der Waals surface area contributed by atoms with Gasteiger partial charge in [0.25, 0.3) is 5.91 Å². The number of fused-ring (bicyclic) bond motifs is 1. The highest BCUT2D eigenvalue weighted by molar-refractivity contribution is 7.12. The highest BCUT2D eigenvalue weighted by Gasteiger charge is 2.48. The molecule has 2 atom stereocenters. The molecular weight excluding hydrogens is 424 g/mol. The minimum Gasteiger partial charge on any atom is -0.495 e. The van der Waals surface area contributed by atoms with Gasteiger partial charge in [-0.25, -0.2) is 4.79 Å². The van der Waals surface area contributed by atoms with Crippen LogP contribution in [0.1, 0.15) is 61.0 Å². The van der Waals surface area contributed by atoms with E-state index in [0.717, 1.165) is 58.3 Å². The van der Waals surface area contributed by atoms with Gasteiger partial charge in [-0.05, 0) is 50.0 Å². The maximum atomic E-state index is 13.0. The van der Waals surface area contributed by atoms with Crippen molar-refractivity contribution >= 4 is 23.3 Å². The Bertz CT molecular complexity index is 829. The summed E-state index contributed by atoms with van der Waals surface area (Å²) in [5.74, 6) is 0.791. The average molecular weight is 461 g/mol. The number of carbonyl (C=O) groups excluding carboxylic acids is 2. The first-order valence-electron chi connectivity index (χ1n) is 12.3. The number of methoxy groups -OCH3 is 1. The van der Waals surface area contributed by atoms with Crippen LogP contribution in [0.2, 0.25) is 0 Å². The van der Waals surface area contributed by atoms with Crippen molar-refractivity contribution in [3.05, 3.63) is 16.3 Å². The van der Waals surface area contributed by atoms with E-state index in [9.17, 15) is 9.59 Å². The Morgan fingerprint density at radius 2 is 1.62 bits per heavy atom. The summed E-state index contributed by atoms with van der Waals surface area (Å²) < 4.78 is 5.34. The molecule has 3 amide bonds. The Labute approximate surface area is 195 Å². The molecule has 3 saturated heterocycles. The van der Waals surface area contributed by atoms with E-state index in [1.165, 1.54) is 30.6 Å². The van der Waals surface area contributed by atoms with Crippen molar-refractivity contribution in [1.29, 1.82) is 0 Å².